The fourth-order valence-electron chi connectivity index (χ4n) is 9.55. The lowest BCUT2D eigenvalue weighted by Crippen LogP contribution is -2.14. The van der Waals surface area contributed by atoms with Gasteiger partial charge in [0.05, 0.1) is 11.2 Å². The smallest absolute Gasteiger partial charge is 0.0584 e. The quantitative estimate of drug-likeness (QED) is 0.149. The van der Waals surface area contributed by atoms with E-state index in [0.717, 1.165) is 17.1 Å². The minimum atomic E-state index is -0.143. The molecule has 0 aliphatic heterocycles. The third kappa shape index (κ3) is 6.36. The maximum atomic E-state index is 2.49. The molecule has 0 radical (unpaired) electrons. The van der Waals surface area contributed by atoms with Crippen molar-refractivity contribution in [2.75, 3.05) is 4.90 Å². The van der Waals surface area contributed by atoms with Gasteiger partial charge in [-0.3, -0.25) is 0 Å². The fourth-order valence-corrected chi connectivity index (χ4v) is 9.55. The van der Waals surface area contributed by atoms with Crippen molar-refractivity contribution < 1.29 is 0 Å². The fraction of sp³-hybridized carbons (Fsp3) is 0.0508. The maximum absolute atomic E-state index is 2.49. The van der Waals surface area contributed by atoms with Crippen LogP contribution in [0.4, 0.5) is 17.1 Å². The Hall–Kier alpha value is -7.68. The highest BCUT2D eigenvalue weighted by Crippen LogP contribution is 2.54. The van der Waals surface area contributed by atoms with Gasteiger partial charge in [-0.25, -0.2) is 0 Å². The lowest BCUT2D eigenvalue weighted by molar-refractivity contribution is 0.666. The molecule has 2 heteroatoms. The van der Waals surface area contributed by atoms with Gasteiger partial charge >= 0.3 is 0 Å². The molecule has 9 aromatic carbocycles. The van der Waals surface area contributed by atoms with Crippen LogP contribution in [0, 0.1) is 0 Å². The van der Waals surface area contributed by atoms with Crippen molar-refractivity contribution in [2.24, 2.45) is 0 Å². The first-order chi connectivity index (χ1) is 30.0. The Morgan fingerprint density at radius 1 is 0.361 bits per heavy atom. The third-order valence-electron chi connectivity index (χ3n) is 12.6. The molecule has 0 atom stereocenters. The first-order valence-corrected chi connectivity index (χ1v) is 21.2. The number of para-hydroxylation sites is 1. The molecule has 0 unspecified atom stereocenters. The molecule has 1 aliphatic carbocycles. The van der Waals surface area contributed by atoms with Crippen LogP contribution in [-0.2, 0) is 5.41 Å². The molecule has 0 spiro atoms. The SMILES string of the molecule is CC1(C)c2ccccc2-c2c1c1cc(-c3ccc(-c4ccc(N(c5ccccc5)c5ccc(-c6ccccc6)cc5)cc4)cc3)ccc1n2-c1ccc(-c2ccccc2)cc1. The van der Waals surface area contributed by atoms with E-state index in [9.17, 15) is 0 Å². The van der Waals surface area contributed by atoms with Crippen molar-refractivity contribution >= 4 is 28.0 Å². The Kier molecular flexibility index (Phi) is 8.86. The monoisotopic (exact) mass is 780 g/mol. The Labute approximate surface area is 358 Å². The first kappa shape index (κ1) is 36.4. The minimum Gasteiger partial charge on any atom is -0.311 e. The van der Waals surface area contributed by atoms with E-state index in [0.29, 0.717) is 0 Å². The number of hydrogen-bond donors (Lipinski definition) is 0. The average molecular weight is 781 g/mol. The third-order valence-corrected chi connectivity index (χ3v) is 12.6. The van der Waals surface area contributed by atoms with E-state index in [1.165, 1.54) is 83.5 Å². The van der Waals surface area contributed by atoms with Crippen LogP contribution in [0.15, 0.2) is 231 Å². The molecule has 0 N–H and O–H groups in total. The van der Waals surface area contributed by atoms with Gasteiger partial charge in [0.25, 0.3) is 0 Å². The van der Waals surface area contributed by atoms with Crippen molar-refractivity contribution in [1.29, 1.82) is 0 Å². The number of rotatable bonds is 8. The highest BCUT2D eigenvalue weighted by molar-refractivity contribution is 6.01. The Bertz CT molecular complexity index is 3140. The molecule has 1 heterocycles. The highest BCUT2D eigenvalue weighted by Gasteiger charge is 2.40. The molecule has 0 saturated carbocycles. The average Bonchev–Trinajstić information content (AvgIpc) is 3.80. The number of aromatic nitrogens is 1. The zero-order valence-corrected chi connectivity index (χ0v) is 34.3. The second kappa shape index (κ2) is 14.9. The molecule has 2 nitrogen and oxygen atoms in total. The van der Waals surface area contributed by atoms with Crippen molar-refractivity contribution in [3.63, 3.8) is 0 Å². The van der Waals surface area contributed by atoms with Crippen LogP contribution in [-0.4, -0.2) is 4.57 Å². The normalized spacial score (nSPS) is 12.6. The maximum Gasteiger partial charge on any atom is 0.0584 e. The van der Waals surface area contributed by atoms with E-state index >= 15 is 0 Å². The van der Waals surface area contributed by atoms with E-state index in [1.54, 1.807) is 0 Å². The Balaban J connectivity index is 0.922. The van der Waals surface area contributed by atoms with Crippen molar-refractivity contribution in [3.05, 3.63) is 242 Å². The number of fused-ring (bicyclic) bond motifs is 5. The van der Waals surface area contributed by atoms with Crippen molar-refractivity contribution in [3.8, 4) is 61.5 Å². The minimum absolute atomic E-state index is 0.143. The molecule has 0 saturated heterocycles. The van der Waals surface area contributed by atoms with Crippen LogP contribution in [0.25, 0.3) is 72.4 Å². The lowest BCUT2D eigenvalue weighted by atomic mass is 9.81. The van der Waals surface area contributed by atoms with Crippen LogP contribution < -0.4 is 4.90 Å². The predicted molar refractivity (Wildman–Crippen MR) is 257 cm³/mol. The van der Waals surface area contributed by atoms with Gasteiger partial charge in [0.2, 0.25) is 0 Å². The van der Waals surface area contributed by atoms with E-state index in [2.05, 4.69) is 254 Å². The molecule has 11 rings (SSSR count). The summed E-state index contributed by atoms with van der Waals surface area (Å²) in [4.78, 5) is 2.32. The van der Waals surface area contributed by atoms with Crippen LogP contribution in [0.2, 0.25) is 0 Å². The molecule has 0 bridgehead atoms. The molecule has 0 amide bonds. The Morgan fingerprint density at radius 3 is 1.30 bits per heavy atom. The summed E-state index contributed by atoms with van der Waals surface area (Å²) in [6.07, 6.45) is 0. The summed E-state index contributed by atoms with van der Waals surface area (Å²) in [5, 5.41) is 1.30. The molecule has 1 aliphatic rings. The molecule has 290 valence electrons. The Morgan fingerprint density at radius 2 is 0.754 bits per heavy atom. The summed E-state index contributed by atoms with van der Waals surface area (Å²) in [7, 11) is 0. The summed E-state index contributed by atoms with van der Waals surface area (Å²) in [6.45, 7) is 4.76. The standard InChI is InChI=1S/C59H44N2/c1-59(2)55-21-13-12-20-53(55)58-57(59)54-40-48(32-39-56(54)61(58)52-37-30-45(31-38-52)42-16-8-4-9-17-42)47-24-22-43(23-25-47)46-28-35-51(36-29-46)60(49-18-10-5-11-19-49)50-33-26-44(27-34-50)41-14-6-3-7-15-41/h3-40H,1-2H3. The van der Waals surface area contributed by atoms with Gasteiger partial charge in [-0.2, -0.15) is 0 Å². The van der Waals surface area contributed by atoms with Crippen LogP contribution in [0.1, 0.15) is 25.0 Å². The number of benzene rings is 9. The lowest BCUT2D eigenvalue weighted by Gasteiger charge is -2.26. The van der Waals surface area contributed by atoms with Crippen molar-refractivity contribution in [2.45, 2.75) is 19.3 Å². The molecule has 0 fully saturated rings. The van der Waals surface area contributed by atoms with E-state index in [-0.39, 0.29) is 5.41 Å². The zero-order valence-electron chi connectivity index (χ0n) is 34.3. The number of nitrogens with zero attached hydrogens (tertiary/aromatic N) is 2. The van der Waals surface area contributed by atoms with E-state index in [1.807, 2.05) is 0 Å². The van der Waals surface area contributed by atoms with Gasteiger partial charge < -0.3 is 9.47 Å². The second-order valence-electron chi connectivity index (χ2n) is 16.6. The van der Waals surface area contributed by atoms with Crippen LogP contribution in [0.3, 0.4) is 0 Å². The second-order valence-corrected chi connectivity index (χ2v) is 16.6. The first-order valence-electron chi connectivity index (χ1n) is 21.2. The molecular formula is C59H44N2. The summed E-state index contributed by atoms with van der Waals surface area (Å²) in [5.41, 5.74) is 20.7. The molecule has 10 aromatic rings. The molecular weight excluding hydrogens is 737 g/mol. The van der Waals surface area contributed by atoms with Gasteiger partial charge in [-0.15, -0.1) is 0 Å². The molecule has 61 heavy (non-hydrogen) atoms. The number of anilines is 3. The summed E-state index contributed by atoms with van der Waals surface area (Å²) in [6, 6.07) is 83.7. The highest BCUT2D eigenvalue weighted by atomic mass is 15.1. The number of hydrogen-bond acceptors (Lipinski definition) is 1. The summed E-state index contributed by atoms with van der Waals surface area (Å²) >= 11 is 0. The van der Waals surface area contributed by atoms with Crippen molar-refractivity contribution in [1.82, 2.24) is 4.57 Å². The van der Waals surface area contributed by atoms with Gasteiger partial charge in [-0.1, -0.05) is 184 Å². The van der Waals surface area contributed by atoms with Gasteiger partial charge in [0.1, 0.15) is 0 Å². The largest absolute Gasteiger partial charge is 0.311 e. The zero-order chi connectivity index (χ0) is 40.9. The van der Waals surface area contributed by atoms with Gasteiger partial charge in [-0.05, 0) is 116 Å². The summed E-state index contributed by atoms with van der Waals surface area (Å²) < 4.78 is 2.49. The van der Waals surface area contributed by atoms with E-state index in [4.69, 9.17) is 0 Å². The van der Waals surface area contributed by atoms with E-state index < -0.39 is 0 Å². The molecule has 1 aromatic heterocycles. The topological polar surface area (TPSA) is 8.17 Å². The van der Waals surface area contributed by atoms with Crippen LogP contribution >= 0.6 is 0 Å². The van der Waals surface area contributed by atoms with Gasteiger partial charge in [0.15, 0.2) is 0 Å². The summed E-state index contributed by atoms with van der Waals surface area (Å²) in [5.74, 6) is 0. The van der Waals surface area contributed by atoms with Gasteiger partial charge in [0, 0.05) is 39.1 Å². The predicted octanol–water partition coefficient (Wildman–Crippen LogP) is 16.1. The van der Waals surface area contributed by atoms with Crippen LogP contribution in [0.5, 0.6) is 0 Å².